The molecule has 132 valence electrons. The van der Waals surface area contributed by atoms with Crippen LogP contribution in [0.15, 0.2) is 23.0 Å². The molecule has 25 heavy (non-hydrogen) atoms. The van der Waals surface area contributed by atoms with Gasteiger partial charge in [0.25, 0.3) is 0 Å². The van der Waals surface area contributed by atoms with Crippen LogP contribution in [0.25, 0.3) is 11.0 Å². The summed E-state index contributed by atoms with van der Waals surface area (Å²) in [5.41, 5.74) is 2.52. The lowest BCUT2D eigenvalue weighted by atomic mass is 9.77. The Kier molecular flexibility index (Phi) is 3.76. The highest BCUT2D eigenvalue weighted by Crippen LogP contribution is 2.41. The number of aromatic nitrogens is 2. The average Bonchev–Trinajstić information content (AvgIpc) is 2.79. The molecule has 1 N–H and O–H groups in total. The molecular weight excluding hydrogens is 322 g/mol. The van der Waals surface area contributed by atoms with Crippen LogP contribution in [0.4, 0.5) is 0 Å². The predicted molar refractivity (Wildman–Crippen MR) is 91.4 cm³/mol. The second-order valence-corrected chi connectivity index (χ2v) is 6.92. The quantitative estimate of drug-likeness (QED) is 0.849. The fourth-order valence-electron chi connectivity index (χ4n) is 4.04. The molecule has 1 atom stereocenters. The molecule has 1 aliphatic heterocycles. The molecule has 2 fully saturated rings. The van der Waals surface area contributed by atoms with Crippen molar-refractivity contribution in [2.75, 3.05) is 7.11 Å². The first-order chi connectivity index (χ1) is 12.0. The smallest absolute Gasteiger partial charge is 0.329 e. The SMILES string of the molecule is COC1CC(c2cccc3c2n(C)c(=O)n3C2CCC(=O)NC2=O)C1. The van der Waals surface area contributed by atoms with E-state index >= 15 is 0 Å². The monoisotopic (exact) mass is 343 g/mol. The number of amides is 2. The maximum absolute atomic E-state index is 12.9. The maximum atomic E-state index is 12.9. The van der Waals surface area contributed by atoms with Gasteiger partial charge in [-0.3, -0.25) is 24.0 Å². The van der Waals surface area contributed by atoms with Gasteiger partial charge in [-0.15, -0.1) is 0 Å². The topological polar surface area (TPSA) is 82.3 Å². The molecule has 4 rings (SSSR count). The average molecular weight is 343 g/mol. The van der Waals surface area contributed by atoms with Gasteiger partial charge >= 0.3 is 5.69 Å². The standard InChI is InChI=1S/C18H21N3O4/c1-20-16-12(10-8-11(9-10)25-2)4-3-5-13(16)21(18(20)24)14-6-7-15(22)19-17(14)23/h3-5,10-11,14H,6-9H2,1-2H3,(H,19,22,23). The van der Waals surface area contributed by atoms with Gasteiger partial charge in [0.1, 0.15) is 6.04 Å². The first-order valence-electron chi connectivity index (χ1n) is 8.57. The van der Waals surface area contributed by atoms with Gasteiger partial charge < -0.3 is 4.74 Å². The van der Waals surface area contributed by atoms with Crippen LogP contribution < -0.4 is 11.0 Å². The number of benzene rings is 1. The molecule has 2 aliphatic rings. The number of piperidine rings is 1. The van der Waals surface area contributed by atoms with Crippen molar-refractivity contribution >= 4 is 22.8 Å². The van der Waals surface area contributed by atoms with Crippen molar-refractivity contribution in [1.82, 2.24) is 14.5 Å². The van der Waals surface area contributed by atoms with Gasteiger partial charge in [-0.05, 0) is 36.8 Å². The molecule has 1 aliphatic carbocycles. The molecule has 0 bridgehead atoms. The maximum Gasteiger partial charge on any atom is 0.329 e. The van der Waals surface area contributed by atoms with E-state index < -0.39 is 11.9 Å². The Balaban J connectivity index is 1.82. The number of nitrogens with zero attached hydrogens (tertiary/aromatic N) is 2. The van der Waals surface area contributed by atoms with Crippen molar-refractivity contribution in [3.05, 3.63) is 34.2 Å². The number of nitrogens with one attached hydrogen (secondary N) is 1. The summed E-state index contributed by atoms with van der Waals surface area (Å²) in [4.78, 5) is 36.5. The van der Waals surface area contributed by atoms with E-state index in [0.717, 1.165) is 29.4 Å². The molecule has 2 heterocycles. The molecule has 2 amide bonds. The minimum atomic E-state index is -0.641. The number of hydrogen-bond donors (Lipinski definition) is 1. The first kappa shape index (κ1) is 16.1. The molecule has 1 aromatic carbocycles. The molecule has 7 heteroatoms. The molecular formula is C18H21N3O4. The van der Waals surface area contributed by atoms with Gasteiger partial charge in [0, 0.05) is 20.6 Å². The highest BCUT2D eigenvalue weighted by molar-refractivity contribution is 6.00. The molecule has 2 aromatic rings. The molecule has 1 unspecified atom stereocenters. The summed E-state index contributed by atoms with van der Waals surface area (Å²) < 4.78 is 8.52. The Bertz CT molecular complexity index is 920. The largest absolute Gasteiger partial charge is 0.381 e. The van der Waals surface area contributed by atoms with Gasteiger partial charge in [-0.1, -0.05) is 12.1 Å². The summed E-state index contributed by atoms with van der Waals surface area (Å²) in [5.74, 6) is -0.327. The molecule has 0 spiro atoms. The van der Waals surface area contributed by atoms with Crippen molar-refractivity contribution in [3.63, 3.8) is 0 Å². The zero-order chi connectivity index (χ0) is 17.7. The number of para-hydroxylation sites is 1. The van der Waals surface area contributed by atoms with Crippen LogP contribution in [0.1, 0.15) is 43.2 Å². The van der Waals surface area contributed by atoms with Crippen LogP contribution in [0.3, 0.4) is 0 Å². The highest BCUT2D eigenvalue weighted by atomic mass is 16.5. The second kappa shape index (κ2) is 5.84. The van der Waals surface area contributed by atoms with E-state index in [0.29, 0.717) is 12.3 Å². The summed E-state index contributed by atoms with van der Waals surface area (Å²) in [6, 6.07) is 5.21. The minimum Gasteiger partial charge on any atom is -0.381 e. The molecule has 1 saturated carbocycles. The lowest BCUT2D eigenvalue weighted by molar-refractivity contribution is -0.135. The summed E-state index contributed by atoms with van der Waals surface area (Å²) in [7, 11) is 3.46. The fraction of sp³-hybridized carbons (Fsp3) is 0.500. The predicted octanol–water partition coefficient (Wildman–Crippen LogP) is 1.21. The number of aryl methyl sites for hydroxylation is 1. The number of carbonyl (C=O) groups is 2. The van der Waals surface area contributed by atoms with Gasteiger partial charge in [0.2, 0.25) is 11.8 Å². The minimum absolute atomic E-state index is 0.223. The first-order valence-corrected chi connectivity index (χ1v) is 8.57. The number of methoxy groups -OCH3 is 1. The Hall–Kier alpha value is -2.41. The zero-order valence-corrected chi connectivity index (χ0v) is 14.3. The van der Waals surface area contributed by atoms with Crippen molar-refractivity contribution in [2.45, 2.75) is 43.7 Å². The number of ether oxygens (including phenoxy) is 1. The van der Waals surface area contributed by atoms with E-state index in [1.807, 2.05) is 18.2 Å². The number of fused-ring (bicyclic) bond motifs is 1. The third-order valence-corrected chi connectivity index (χ3v) is 5.52. The molecule has 1 aromatic heterocycles. The number of carbonyl (C=O) groups excluding carboxylic acids is 2. The Morgan fingerprint density at radius 3 is 2.64 bits per heavy atom. The van der Waals surface area contributed by atoms with Crippen LogP contribution in [0.2, 0.25) is 0 Å². The third kappa shape index (κ3) is 2.41. The number of hydrogen-bond acceptors (Lipinski definition) is 4. The summed E-state index contributed by atoms with van der Waals surface area (Å²) in [6.45, 7) is 0. The van der Waals surface area contributed by atoms with E-state index in [1.165, 1.54) is 4.57 Å². The Morgan fingerprint density at radius 2 is 1.96 bits per heavy atom. The van der Waals surface area contributed by atoms with Crippen LogP contribution in [0.5, 0.6) is 0 Å². The van der Waals surface area contributed by atoms with E-state index in [9.17, 15) is 14.4 Å². The van der Waals surface area contributed by atoms with Gasteiger partial charge in [-0.2, -0.15) is 0 Å². The van der Waals surface area contributed by atoms with Gasteiger partial charge in [-0.25, -0.2) is 4.79 Å². The van der Waals surface area contributed by atoms with Gasteiger partial charge in [0.05, 0.1) is 17.1 Å². The van der Waals surface area contributed by atoms with E-state index in [4.69, 9.17) is 4.74 Å². The Morgan fingerprint density at radius 1 is 1.20 bits per heavy atom. The summed E-state index contributed by atoms with van der Waals surface area (Å²) in [5, 5.41) is 2.34. The summed E-state index contributed by atoms with van der Waals surface area (Å²) >= 11 is 0. The molecule has 0 radical (unpaired) electrons. The van der Waals surface area contributed by atoms with E-state index in [2.05, 4.69) is 5.32 Å². The third-order valence-electron chi connectivity index (χ3n) is 5.52. The normalized spacial score (nSPS) is 26.6. The lowest BCUT2D eigenvalue weighted by Crippen LogP contribution is -2.44. The fourth-order valence-corrected chi connectivity index (χ4v) is 4.04. The van der Waals surface area contributed by atoms with E-state index in [-0.39, 0.29) is 24.1 Å². The van der Waals surface area contributed by atoms with Gasteiger partial charge in [0.15, 0.2) is 0 Å². The lowest BCUT2D eigenvalue weighted by Gasteiger charge is -2.34. The van der Waals surface area contributed by atoms with E-state index in [1.54, 1.807) is 18.7 Å². The van der Waals surface area contributed by atoms with Crippen LogP contribution >= 0.6 is 0 Å². The van der Waals surface area contributed by atoms with Crippen molar-refractivity contribution in [2.24, 2.45) is 7.05 Å². The molecule has 7 nitrogen and oxygen atoms in total. The second-order valence-electron chi connectivity index (χ2n) is 6.92. The van der Waals surface area contributed by atoms with Crippen molar-refractivity contribution < 1.29 is 14.3 Å². The number of imide groups is 1. The Labute approximate surface area is 144 Å². The van der Waals surface area contributed by atoms with Crippen LogP contribution in [0, 0.1) is 0 Å². The van der Waals surface area contributed by atoms with Crippen LogP contribution in [-0.2, 0) is 21.4 Å². The highest BCUT2D eigenvalue weighted by Gasteiger charge is 2.35. The zero-order valence-electron chi connectivity index (χ0n) is 14.3. The summed E-state index contributed by atoms with van der Waals surface area (Å²) in [6.07, 6.45) is 2.75. The van der Waals surface area contributed by atoms with Crippen molar-refractivity contribution in [1.29, 1.82) is 0 Å². The number of rotatable bonds is 3. The number of imidazole rings is 1. The van der Waals surface area contributed by atoms with Crippen LogP contribution in [-0.4, -0.2) is 34.2 Å². The molecule has 1 saturated heterocycles. The van der Waals surface area contributed by atoms with Crippen molar-refractivity contribution in [3.8, 4) is 0 Å².